The third-order valence-electron chi connectivity index (χ3n) is 4.67. The van der Waals surface area contributed by atoms with E-state index in [0.29, 0.717) is 0 Å². The van der Waals surface area contributed by atoms with Gasteiger partial charge in [-0.2, -0.15) is 13.2 Å². The van der Waals surface area contributed by atoms with Gasteiger partial charge in [-0.25, -0.2) is 18.7 Å². The number of amides is 1. The summed E-state index contributed by atoms with van der Waals surface area (Å²) < 4.78 is 66.1. The third kappa shape index (κ3) is 6.33. The Morgan fingerprint density at radius 2 is 1.87 bits per heavy atom. The Labute approximate surface area is 179 Å². The van der Waals surface area contributed by atoms with Crippen LogP contribution in [0.1, 0.15) is 55.9 Å². The number of nitrogens with zero attached hydrogens (tertiary/aromatic N) is 2. The Balaban J connectivity index is 2.30. The minimum Gasteiger partial charge on any atom is -0.388 e. The number of halogens is 5. The first-order valence-electron chi connectivity index (χ1n) is 9.34. The fraction of sp³-hybridized carbons (Fsp3) is 0.526. The summed E-state index contributed by atoms with van der Waals surface area (Å²) in [7, 11) is 0. The molecule has 12 heteroatoms. The fourth-order valence-electron chi connectivity index (χ4n) is 2.47. The molecule has 0 aliphatic rings. The number of aliphatic hydroxyl groups is 1. The average Bonchev–Trinajstić information content (AvgIpc) is 3.14. The van der Waals surface area contributed by atoms with E-state index in [1.54, 1.807) is 6.92 Å². The van der Waals surface area contributed by atoms with Crippen LogP contribution in [0.3, 0.4) is 0 Å². The van der Waals surface area contributed by atoms with E-state index >= 15 is 0 Å². The van der Waals surface area contributed by atoms with Gasteiger partial charge in [0.05, 0.1) is 16.5 Å². The minimum absolute atomic E-state index is 0.0170. The van der Waals surface area contributed by atoms with Gasteiger partial charge in [0, 0.05) is 23.5 Å². The van der Waals surface area contributed by atoms with E-state index in [-0.39, 0.29) is 27.7 Å². The Kier molecular flexibility index (Phi) is 7.58. The van der Waals surface area contributed by atoms with E-state index in [4.69, 9.17) is 0 Å². The summed E-state index contributed by atoms with van der Waals surface area (Å²) in [6, 6.07) is -1.66. The highest BCUT2D eigenvalue weighted by Gasteiger charge is 2.38. The molecule has 2 atom stereocenters. The van der Waals surface area contributed by atoms with Gasteiger partial charge in [0.1, 0.15) is 11.9 Å². The van der Waals surface area contributed by atoms with Crippen molar-refractivity contribution in [3.05, 3.63) is 29.0 Å². The molecule has 0 saturated heterocycles. The van der Waals surface area contributed by atoms with Crippen LogP contribution in [0, 0.1) is 0 Å². The highest BCUT2D eigenvalue weighted by Crippen LogP contribution is 2.36. The molecule has 6 nitrogen and oxygen atoms in total. The molecule has 0 fully saturated rings. The minimum atomic E-state index is -4.56. The van der Waals surface area contributed by atoms with Crippen molar-refractivity contribution in [1.82, 2.24) is 15.3 Å². The topological polar surface area (TPSA) is 87.1 Å². The van der Waals surface area contributed by atoms with Crippen LogP contribution in [0.15, 0.2) is 18.5 Å². The number of nitrogens with one attached hydrogen (secondary N) is 2. The number of hydrogen-bond acceptors (Lipinski definition) is 6. The summed E-state index contributed by atoms with van der Waals surface area (Å²) in [5.74, 6) is -0.920. The molecular formula is C19H23F5N4O2S. The van der Waals surface area contributed by atoms with Gasteiger partial charge >= 0.3 is 6.18 Å². The molecule has 31 heavy (non-hydrogen) atoms. The molecule has 0 aliphatic heterocycles. The lowest BCUT2D eigenvalue weighted by atomic mass is 10.0. The number of carbonyl (C=O) groups is 1. The summed E-state index contributed by atoms with van der Waals surface area (Å²) in [6.07, 6.45) is -5.59. The van der Waals surface area contributed by atoms with Crippen LogP contribution in [0.2, 0.25) is 0 Å². The predicted octanol–water partition coefficient (Wildman–Crippen LogP) is 4.78. The number of pyridine rings is 1. The Morgan fingerprint density at radius 3 is 2.39 bits per heavy atom. The van der Waals surface area contributed by atoms with Crippen LogP contribution in [0.5, 0.6) is 0 Å². The van der Waals surface area contributed by atoms with E-state index in [1.807, 2.05) is 0 Å². The van der Waals surface area contributed by atoms with Crippen LogP contribution in [-0.2, 0) is 0 Å². The molecule has 0 unspecified atom stereocenters. The van der Waals surface area contributed by atoms with Crippen LogP contribution >= 0.6 is 11.3 Å². The highest BCUT2D eigenvalue weighted by atomic mass is 32.1. The van der Waals surface area contributed by atoms with Crippen molar-refractivity contribution in [3.8, 4) is 10.4 Å². The molecule has 172 valence electrons. The van der Waals surface area contributed by atoms with Crippen LogP contribution < -0.4 is 10.6 Å². The summed E-state index contributed by atoms with van der Waals surface area (Å²) >= 11 is 0.828. The lowest BCUT2D eigenvalue weighted by Crippen LogP contribution is -2.47. The second kappa shape index (κ2) is 9.43. The normalized spacial score (nSPS) is 14.4. The van der Waals surface area contributed by atoms with Crippen molar-refractivity contribution in [3.63, 3.8) is 0 Å². The molecule has 0 radical (unpaired) electrons. The zero-order valence-electron chi connectivity index (χ0n) is 17.2. The van der Waals surface area contributed by atoms with Gasteiger partial charge in [0.25, 0.3) is 12.3 Å². The molecule has 0 saturated carbocycles. The summed E-state index contributed by atoms with van der Waals surface area (Å²) in [4.78, 5) is 20.3. The van der Waals surface area contributed by atoms with Crippen molar-refractivity contribution in [2.24, 2.45) is 0 Å². The lowest BCUT2D eigenvalue weighted by Gasteiger charge is -2.26. The average molecular weight is 466 g/mol. The van der Waals surface area contributed by atoms with E-state index in [2.05, 4.69) is 20.6 Å². The van der Waals surface area contributed by atoms with Crippen LogP contribution in [0.25, 0.3) is 10.4 Å². The van der Waals surface area contributed by atoms with E-state index in [1.165, 1.54) is 27.0 Å². The van der Waals surface area contributed by atoms with Crippen molar-refractivity contribution in [2.75, 3.05) is 5.32 Å². The largest absolute Gasteiger partial charge is 0.408 e. The van der Waals surface area contributed by atoms with E-state index in [9.17, 15) is 31.9 Å². The second-order valence-electron chi connectivity index (χ2n) is 7.48. The highest BCUT2D eigenvalue weighted by molar-refractivity contribution is 7.17. The van der Waals surface area contributed by atoms with Crippen LogP contribution in [-0.4, -0.2) is 44.8 Å². The molecule has 2 aromatic heterocycles. The second-order valence-corrected chi connectivity index (χ2v) is 8.51. The molecular weight excluding hydrogens is 443 g/mol. The molecule has 0 aliphatic carbocycles. The van der Waals surface area contributed by atoms with Gasteiger partial charge in [0.15, 0.2) is 5.01 Å². The van der Waals surface area contributed by atoms with Gasteiger partial charge in [-0.05, 0) is 33.3 Å². The predicted molar refractivity (Wildman–Crippen MR) is 107 cm³/mol. The van der Waals surface area contributed by atoms with Gasteiger partial charge < -0.3 is 15.7 Å². The summed E-state index contributed by atoms with van der Waals surface area (Å²) in [5, 5.41) is 14.6. The summed E-state index contributed by atoms with van der Waals surface area (Å²) in [5.41, 5.74) is -1.75. The first-order valence-corrected chi connectivity index (χ1v) is 10.2. The number of hydrogen-bond donors (Lipinski definition) is 3. The van der Waals surface area contributed by atoms with Gasteiger partial charge in [0.2, 0.25) is 0 Å². The number of carbonyl (C=O) groups excluding carboxylic acids is 1. The maximum absolute atomic E-state index is 13.6. The Morgan fingerprint density at radius 1 is 1.23 bits per heavy atom. The first-order chi connectivity index (χ1) is 14.2. The molecule has 0 aromatic carbocycles. The monoisotopic (exact) mass is 466 g/mol. The maximum atomic E-state index is 13.6. The zero-order chi connectivity index (χ0) is 23.6. The molecule has 3 N–H and O–H groups in total. The Hall–Kier alpha value is -2.34. The smallest absolute Gasteiger partial charge is 0.388 e. The maximum Gasteiger partial charge on any atom is 0.408 e. The standard InChI is InChI=1S/C19H23F5N4O2S/c1-5-13(19(22,23)24)28-14-6-10(15(20)21)11(7-25-14)12-8-26-17(31-12)16(29)27-9(2)18(3,4)30/h6-9,13,15,30H,5H2,1-4H3,(H,25,28)(H,27,29)/t9-,13-/m0/s1. The molecule has 2 rings (SSSR count). The fourth-order valence-corrected chi connectivity index (χ4v) is 3.32. The number of anilines is 1. The SMILES string of the molecule is CC[C@H](Nc1cc(C(F)F)c(-c2cnc(C(=O)N[C@@H](C)C(C)(C)O)s2)cn1)C(F)(F)F. The van der Waals surface area contributed by atoms with Gasteiger partial charge in [-0.3, -0.25) is 4.79 Å². The van der Waals surface area contributed by atoms with Crippen molar-refractivity contribution < 1.29 is 31.9 Å². The zero-order valence-corrected chi connectivity index (χ0v) is 18.0. The number of rotatable bonds is 8. The molecule has 1 amide bonds. The third-order valence-corrected chi connectivity index (χ3v) is 5.70. The van der Waals surface area contributed by atoms with Gasteiger partial charge in [-0.1, -0.05) is 6.92 Å². The Bertz CT molecular complexity index is 911. The molecule has 0 spiro atoms. The van der Waals surface area contributed by atoms with Crippen molar-refractivity contribution in [1.29, 1.82) is 0 Å². The number of alkyl halides is 5. The lowest BCUT2D eigenvalue weighted by molar-refractivity contribution is -0.142. The van der Waals surface area contributed by atoms with Crippen molar-refractivity contribution in [2.45, 2.75) is 64.4 Å². The summed E-state index contributed by atoms with van der Waals surface area (Å²) in [6.45, 7) is 5.95. The molecule has 2 aromatic rings. The quantitative estimate of drug-likeness (QED) is 0.487. The molecule has 0 bridgehead atoms. The first kappa shape index (κ1) is 24.9. The van der Waals surface area contributed by atoms with E-state index in [0.717, 1.165) is 23.6 Å². The van der Waals surface area contributed by atoms with E-state index < -0.39 is 41.8 Å². The van der Waals surface area contributed by atoms with Crippen LogP contribution in [0.4, 0.5) is 27.8 Å². The number of thiazole rings is 1. The number of aromatic nitrogens is 2. The van der Waals surface area contributed by atoms with Gasteiger partial charge in [-0.15, -0.1) is 11.3 Å². The molecule has 2 heterocycles. The van der Waals surface area contributed by atoms with Crippen molar-refractivity contribution >= 4 is 23.1 Å².